The van der Waals surface area contributed by atoms with E-state index >= 15 is 0 Å². The highest BCUT2D eigenvalue weighted by atomic mass is 16.7. The third-order valence-electron chi connectivity index (χ3n) is 6.78. The minimum absolute atomic E-state index is 0.0961. The number of fused-ring (bicyclic) bond motifs is 2. The van der Waals surface area contributed by atoms with Gasteiger partial charge < -0.3 is 14.2 Å². The van der Waals surface area contributed by atoms with Gasteiger partial charge in [0.15, 0.2) is 11.5 Å². The van der Waals surface area contributed by atoms with Gasteiger partial charge in [-0.1, -0.05) is 48.6 Å². The predicted molar refractivity (Wildman–Crippen MR) is 137 cm³/mol. The Morgan fingerprint density at radius 3 is 2.66 bits per heavy atom. The van der Waals surface area contributed by atoms with Crippen molar-refractivity contribution >= 4 is 6.08 Å². The average Bonchev–Trinajstić information content (AvgIpc) is 3.32. The van der Waals surface area contributed by atoms with Gasteiger partial charge in [-0.3, -0.25) is 4.90 Å². The maximum atomic E-state index is 9.21. The SMILES string of the molecule is Cc1cc2c(cc1/C=C/C1c3cc(C)c(OCc4ccccc4)cc3CCN1CCC#N)OCO2. The van der Waals surface area contributed by atoms with Gasteiger partial charge in [-0.2, -0.15) is 5.26 Å². The fourth-order valence-corrected chi connectivity index (χ4v) is 4.84. The molecular formula is C30H30N2O3. The summed E-state index contributed by atoms with van der Waals surface area (Å²) in [6.45, 7) is 6.68. The molecule has 2 heterocycles. The van der Waals surface area contributed by atoms with Crippen molar-refractivity contribution in [1.29, 1.82) is 5.26 Å². The molecule has 0 N–H and O–H groups in total. The van der Waals surface area contributed by atoms with Gasteiger partial charge in [-0.25, -0.2) is 0 Å². The summed E-state index contributed by atoms with van der Waals surface area (Å²) < 4.78 is 17.3. The van der Waals surface area contributed by atoms with Gasteiger partial charge in [0.25, 0.3) is 0 Å². The molecule has 1 atom stereocenters. The van der Waals surface area contributed by atoms with E-state index in [1.165, 1.54) is 11.1 Å². The fourth-order valence-electron chi connectivity index (χ4n) is 4.84. The van der Waals surface area contributed by atoms with Crippen LogP contribution in [0, 0.1) is 25.2 Å². The summed E-state index contributed by atoms with van der Waals surface area (Å²) in [5.74, 6) is 2.53. The van der Waals surface area contributed by atoms with Gasteiger partial charge in [-0.05, 0) is 71.8 Å². The van der Waals surface area contributed by atoms with Crippen molar-refractivity contribution in [2.75, 3.05) is 19.9 Å². The molecule has 178 valence electrons. The molecule has 3 aromatic rings. The zero-order valence-corrected chi connectivity index (χ0v) is 20.3. The van der Waals surface area contributed by atoms with Gasteiger partial charge >= 0.3 is 0 Å². The van der Waals surface area contributed by atoms with Crippen molar-refractivity contribution in [1.82, 2.24) is 4.90 Å². The zero-order chi connectivity index (χ0) is 24.2. The second kappa shape index (κ2) is 10.2. The van der Waals surface area contributed by atoms with Crippen molar-refractivity contribution in [2.24, 2.45) is 0 Å². The number of ether oxygens (including phenoxy) is 3. The first kappa shape index (κ1) is 23.0. The lowest BCUT2D eigenvalue weighted by Crippen LogP contribution is -2.35. The number of nitriles is 1. The van der Waals surface area contributed by atoms with E-state index in [1.807, 2.05) is 30.3 Å². The molecule has 0 spiro atoms. The minimum Gasteiger partial charge on any atom is -0.489 e. The van der Waals surface area contributed by atoms with Crippen molar-refractivity contribution in [2.45, 2.75) is 39.3 Å². The summed E-state index contributed by atoms with van der Waals surface area (Å²) in [6, 6.07) is 21.2. The third-order valence-corrected chi connectivity index (χ3v) is 6.78. The van der Waals surface area contributed by atoms with Crippen LogP contribution in [0.4, 0.5) is 0 Å². The second-order valence-electron chi connectivity index (χ2n) is 9.15. The summed E-state index contributed by atoms with van der Waals surface area (Å²) in [5.41, 5.74) is 7.14. The highest BCUT2D eigenvalue weighted by molar-refractivity contribution is 5.61. The summed E-state index contributed by atoms with van der Waals surface area (Å²) in [6.07, 6.45) is 5.88. The van der Waals surface area contributed by atoms with Gasteiger partial charge in [0, 0.05) is 19.5 Å². The molecule has 0 aliphatic carbocycles. The summed E-state index contributed by atoms with van der Waals surface area (Å²) >= 11 is 0. The van der Waals surface area contributed by atoms with Crippen LogP contribution in [-0.2, 0) is 13.0 Å². The standard InChI is InChI=1S/C30H30N2O3/c1-21-16-29-30(35-20-34-29)17-24(21)9-10-27-26-15-22(2)28(33-19-23-7-4-3-5-8-23)18-25(26)11-14-32(27)13-6-12-31/h3-5,7-10,15-18,27H,6,11,13-14,19-20H2,1-2H3/b10-9+. The van der Waals surface area contributed by atoms with Crippen LogP contribution in [0.15, 0.2) is 60.7 Å². The number of benzene rings is 3. The van der Waals surface area contributed by atoms with Crippen LogP contribution in [0.2, 0.25) is 0 Å². The van der Waals surface area contributed by atoms with E-state index in [0.29, 0.717) is 13.0 Å². The lowest BCUT2D eigenvalue weighted by molar-refractivity contribution is 0.174. The molecule has 0 radical (unpaired) electrons. The Labute approximate surface area is 207 Å². The highest BCUT2D eigenvalue weighted by Gasteiger charge is 2.26. The van der Waals surface area contributed by atoms with Crippen LogP contribution in [0.1, 0.15) is 45.8 Å². The topological polar surface area (TPSA) is 54.7 Å². The van der Waals surface area contributed by atoms with Crippen molar-refractivity contribution < 1.29 is 14.2 Å². The normalized spacial score (nSPS) is 16.8. The largest absolute Gasteiger partial charge is 0.489 e. The van der Waals surface area contributed by atoms with Crippen LogP contribution in [0.3, 0.4) is 0 Å². The number of rotatable bonds is 7. The Morgan fingerprint density at radius 1 is 1.06 bits per heavy atom. The molecule has 0 saturated carbocycles. The first-order valence-corrected chi connectivity index (χ1v) is 12.1. The van der Waals surface area contributed by atoms with E-state index in [1.54, 1.807) is 0 Å². The van der Waals surface area contributed by atoms with Crippen LogP contribution >= 0.6 is 0 Å². The Kier molecular flexibility index (Phi) is 6.74. The van der Waals surface area contributed by atoms with Crippen LogP contribution in [-0.4, -0.2) is 24.8 Å². The minimum atomic E-state index is 0.0961. The van der Waals surface area contributed by atoms with E-state index in [2.05, 4.69) is 61.2 Å². The molecule has 2 aliphatic heterocycles. The molecule has 0 fully saturated rings. The Balaban J connectivity index is 1.43. The summed E-state index contributed by atoms with van der Waals surface area (Å²) in [5, 5.41) is 9.21. The van der Waals surface area contributed by atoms with E-state index < -0.39 is 0 Å². The Bertz CT molecular complexity index is 1280. The van der Waals surface area contributed by atoms with E-state index in [9.17, 15) is 5.26 Å². The highest BCUT2D eigenvalue weighted by Crippen LogP contribution is 2.38. The molecule has 0 amide bonds. The second-order valence-corrected chi connectivity index (χ2v) is 9.15. The molecule has 3 aromatic carbocycles. The fraction of sp³-hybridized carbons (Fsp3) is 0.300. The molecule has 0 saturated heterocycles. The summed E-state index contributed by atoms with van der Waals surface area (Å²) in [7, 11) is 0. The zero-order valence-electron chi connectivity index (χ0n) is 20.3. The average molecular weight is 467 g/mol. The summed E-state index contributed by atoms with van der Waals surface area (Å²) in [4.78, 5) is 2.40. The first-order chi connectivity index (χ1) is 17.1. The van der Waals surface area contributed by atoms with Gasteiger partial charge in [0.2, 0.25) is 6.79 Å². The van der Waals surface area contributed by atoms with Gasteiger partial charge in [-0.15, -0.1) is 0 Å². The van der Waals surface area contributed by atoms with Crippen LogP contribution < -0.4 is 14.2 Å². The molecule has 5 heteroatoms. The molecule has 5 nitrogen and oxygen atoms in total. The number of nitrogens with zero attached hydrogens (tertiary/aromatic N) is 2. The van der Waals surface area contributed by atoms with Crippen molar-refractivity contribution in [3.8, 4) is 23.3 Å². The number of aryl methyl sites for hydroxylation is 2. The molecular weight excluding hydrogens is 436 g/mol. The molecule has 1 unspecified atom stereocenters. The smallest absolute Gasteiger partial charge is 0.231 e. The lowest BCUT2D eigenvalue weighted by atomic mass is 9.89. The number of hydrogen-bond acceptors (Lipinski definition) is 5. The van der Waals surface area contributed by atoms with E-state index in [0.717, 1.165) is 59.0 Å². The molecule has 2 aliphatic rings. The Hall–Kier alpha value is -3.75. The monoisotopic (exact) mass is 466 g/mol. The maximum Gasteiger partial charge on any atom is 0.231 e. The van der Waals surface area contributed by atoms with Crippen LogP contribution in [0.25, 0.3) is 6.08 Å². The van der Waals surface area contributed by atoms with Crippen molar-refractivity contribution in [3.63, 3.8) is 0 Å². The van der Waals surface area contributed by atoms with Crippen molar-refractivity contribution in [3.05, 3.63) is 94.1 Å². The maximum absolute atomic E-state index is 9.21. The van der Waals surface area contributed by atoms with Crippen LogP contribution in [0.5, 0.6) is 17.2 Å². The molecule has 0 bridgehead atoms. The molecule has 5 rings (SSSR count). The molecule has 35 heavy (non-hydrogen) atoms. The van der Waals surface area contributed by atoms with Gasteiger partial charge in [0.05, 0.1) is 12.1 Å². The van der Waals surface area contributed by atoms with E-state index in [-0.39, 0.29) is 12.8 Å². The predicted octanol–water partition coefficient (Wildman–Crippen LogP) is 6.14. The first-order valence-electron chi connectivity index (χ1n) is 12.1. The quantitative estimate of drug-likeness (QED) is 0.419. The Morgan fingerprint density at radius 2 is 1.86 bits per heavy atom. The molecule has 0 aromatic heterocycles. The lowest BCUT2D eigenvalue weighted by Gasteiger charge is -2.36. The third kappa shape index (κ3) is 5.03. The number of hydrogen-bond donors (Lipinski definition) is 0. The van der Waals surface area contributed by atoms with E-state index in [4.69, 9.17) is 14.2 Å². The van der Waals surface area contributed by atoms with Gasteiger partial charge in [0.1, 0.15) is 12.4 Å².